The van der Waals surface area contributed by atoms with E-state index in [-0.39, 0.29) is 24.5 Å². The molecule has 0 saturated carbocycles. The van der Waals surface area contributed by atoms with Crippen LogP contribution in [0, 0.1) is 13.8 Å². The van der Waals surface area contributed by atoms with Gasteiger partial charge in [-0.25, -0.2) is 0 Å². The van der Waals surface area contributed by atoms with Crippen LogP contribution < -0.4 is 0 Å². The minimum atomic E-state index is -0.376. The Hall–Kier alpha value is -1.84. The Morgan fingerprint density at radius 1 is 1.20 bits per heavy atom. The third-order valence-electron chi connectivity index (χ3n) is 3.24. The fraction of sp³-hybridized carbons (Fsp3) is 0.500. The maximum Gasteiger partial charge on any atom is 0.325 e. The number of ether oxygens (including phenoxy) is 1. The van der Waals surface area contributed by atoms with Gasteiger partial charge in [0.2, 0.25) is 0 Å². The molecule has 0 aliphatic heterocycles. The molecule has 4 nitrogen and oxygen atoms in total. The number of nitrogens with zero attached hydrogens (tertiary/aromatic N) is 1. The van der Waals surface area contributed by atoms with Crippen LogP contribution in [0.3, 0.4) is 0 Å². The fourth-order valence-corrected chi connectivity index (χ4v) is 1.87. The summed E-state index contributed by atoms with van der Waals surface area (Å²) in [6.45, 7) is 9.80. The Morgan fingerprint density at radius 3 is 2.35 bits per heavy atom. The molecule has 4 heteroatoms. The van der Waals surface area contributed by atoms with Gasteiger partial charge in [-0.3, -0.25) is 9.59 Å². The molecule has 20 heavy (non-hydrogen) atoms. The van der Waals surface area contributed by atoms with E-state index in [4.69, 9.17) is 4.74 Å². The normalized spacial score (nSPS) is 10.5. The van der Waals surface area contributed by atoms with Crippen molar-refractivity contribution < 1.29 is 14.3 Å². The lowest BCUT2D eigenvalue weighted by Gasteiger charge is -2.26. The summed E-state index contributed by atoms with van der Waals surface area (Å²) >= 11 is 0. The maximum atomic E-state index is 12.5. The van der Waals surface area contributed by atoms with Crippen LogP contribution in [0.2, 0.25) is 0 Å². The summed E-state index contributed by atoms with van der Waals surface area (Å²) in [6.07, 6.45) is 0. The van der Waals surface area contributed by atoms with Gasteiger partial charge in [-0.05, 0) is 57.9 Å². The van der Waals surface area contributed by atoms with Crippen LogP contribution in [0.5, 0.6) is 0 Å². The Labute approximate surface area is 120 Å². The average Bonchev–Trinajstić information content (AvgIpc) is 2.38. The van der Waals surface area contributed by atoms with E-state index in [2.05, 4.69) is 0 Å². The lowest BCUT2D eigenvalue weighted by atomic mass is 10.1. The topological polar surface area (TPSA) is 46.6 Å². The largest absolute Gasteiger partial charge is 0.465 e. The van der Waals surface area contributed by atoms with Gasteiger partial charge >= 0.3 is 5.97 Å². The second-order valence-corrected chi connectivity index (χ2v) is 5.13. The fourth-order valence-electron chi connectivity index (χ4n) is 1.87. The van der Waals surface area contributed by atoms with Crippen LogP contribution in [0.25, 0.3) is 0 Å². The van der Waals surface area contributed by atoms with E-state index in [1.54, 1.807) is 13.0 Å². The molecular formula is C16H23NO3. The lowest BCUT2D eigenvalue weighted by molar-refractivity contribution is -0.144. The molecule has 0 aliphatic carbocycles. The van der Waals surface area contributed by atoms with E-state index in [0.717, 1.165) is 11.1 Å². The van der Waals surface area contributed by atoms with Gasteiger partial charge in [-0.1, -0.05) is 6.07 Å². The molecule has 0 bridgehead atoms. The number of hydrogen-bond acceptors (Lipinski definition) is 3. The van der Waals surface area contributed by atoms with Crippen LogP contribution in [-0.2, 0) is 9.53 Å². The van der Waals surface area contributed by atoms with Crippen molar-refractivity contribution in [2.24, 2.45) is 0 Å². The highest BCUT2D eigenvalue weighted by Gasteiger charge is 2.22. The molecular weight excluding hydrogens is 254 g/mol. The number of amides is 1. The van der Waals surface area contributed by atoms with Crippen LogP contribution in [0.4, 0.5) is 0 Å². The number of rotatable bonds is 5. The van der Waals surface area contributed by atoms with Crippen molar-refractivity contribution in [3.05, 3.63) is 34.9 Å². The quantitative estimate of drug-likeness (QED) is 0.777. The Morgan fingerprint density at radius 2 is 1.85 bits per heavy atom. The van der Waals surface area contributed by atoms with Gasteiger partial charge in [0, 0.05) is 11.6 Å². The van der Waals surface area contributed by atoms with Crippen LogP contribution in [0.15, 0.2) is 18.2 Å². The van der Waals surface area contributed by atoms with Gasteiger partial charge in [-0.15, -0.1) is 0 Å². The number of esters is 1. The Kier molecular flexibility index (Phi) is 5.74. The van der Waals surface area contributed by atoms with Crippen molar-refractivity contribution >= 4 is 11.9 Å². The maximum absolute atomic E-state index is 12.5. The standard InChI is InChI=1S/C16H23NO3/c1-6-20-15(18)10-17(11(2)3)16(19)14-8-7-12(4)13(5)9-14/h7-9,11H,6,10H2,1-5H3. The third kappa shape index (κ3) is 4.08. The van der Waals surface area contributed by atoms with E-state index >= 15 is 0 Å². The predicted molar refractivity (Wildman–Crippen MR) is 78.7 cm³/mol. The highest BCUT2D eigenvalue weighted by molar-refractivity contribution is 5.96. The molecule has 0 aliphatic rings. The van der Waals surface area contributed by atoms with E-state index in [0.29, 0.717) is 12.2 Å². The molecule has 1 amide bonds. The summed E-state index contributed by atoms with van der Waals surface area (Å²) in [5.74, 6) is -0.519. The molecule has 0 aromatic heterocycles. The van der Waals surface area contributed by atoms with Gasteiger partial charge in [-0.2, -0.15) is 0 Å². The highest BCUT2D eigenvalue weighted by atomic mass is 16.5. The lowest BCUT2D eigenvalue weighted by Crippen LogP contribution is -2.41. The summed E-state index contributed by atoms with van der Waals surface area (Å²) in [5.41, 5.74) is 2.81. The van der Waals surface area contributed by atoms with Crippen molar-refractivity contribution in [1.29, 1.82) is 0 Å². The minimum Gasteiger partial charge on any atom is -0.465 e. The molecule has 0 fully saturated rings. The second-order valence-electron chi connectivity index (χ2n) is 5.13. The zero-order valence-corrected chi connectivity index (χ0v) is 12.9. The van der Waals surface area contributed by atoms with E-state index in [1.165, 1.54) is 4.90 Å². The predicted octanol–water partition coefficient (Wildman–Crippen LogP) is 2.72. The molecule has 1 aromatic carbocycles. The van der Waals surface area contributed by atoms with Crippen molar-refractivity contribution in [3.8, 4) is 0 Å². The molecule has 1 rings (SSSR count). The van der Waals surface area contributed by atoms with Crippen LogP contribution in [-0.4, -0.2) is 36.0 Å². The summed E-state index contributed by atoms with van der Waals surface area (Å²) in [5, 5.41) is 0. The Balaban J connectivity index is 2.93. The molecule has 0 heterocycles. The molecule has 0 unspecified atom stereocenters. The first-order chi connectivity index (χ1) is 9.36. The third-order valence-corrected chi connectivity index (χ3v) is 3.24. The molecule has 0 N–H and O–H groups in total. The zero-order valence-electron chi connectivity index (χ0n) is 12.9. The van der Waals surface area contributed by atoms with Gasteiger partial charge in [0.1, 0.15) is 6.54 Å². The number of benzene rings is 1. The summed E-state index contributed by atoms with van der Waals surface area (Å²) in [6, 6.07) is 5.52. The molecule has 1 aromatic rings. The molecule has 0 saturated heterocycles. The number of carbonyl (C=O) groups is 2. The van der Waals surface area contributed by atoms with E-state index in [1.807, 2.05) is 39.8 Å². The van der Waals surface area contributed by atoms with Crippen molar-refractivity contribution in [1.82, 2.24) is 4.90 Å². The monoisotopic (exact) mass is 277 g/mol. The first-order valence-electron chi connectivity index (χ1n) is 6.90. The summed E-state index contributed by atoms with van der Waals surface area (Å²) in [4.78, 5) is 25.6. The second kappa shape index (κ2) is 7.08. The minimum absolute atomic E-state index is 0.0166. The van der Waals surface area contributed by atoms with E-state index < -0.39 is 0 Å². The molecule has 0 atom stereocenters. The zero-order chi connectivity index (χ0) is 15.3. The first kappa shape index (κ1) is 16.2. The van der Waals surface area contributed by atoms with Gasteiger partial charge < -0.3 is 9.64 Å². The molecule has 0 spiro atoms. The van der Waals surface area contributed by atoms with Crippen molar-refractivity contribution in [2.45, 2.75) is 40.7 Å². The van der Waals surface area contributed by atoms with E-state index in [9.17, 15) is 9.59 Å². The summed E-state index contributed by atoms with van der Waals surface area (Å²) in [7, 11) is 0. The summed E-state index contributed by atoms with van der Waals surface area (Å²) < 4.78 is 4.92. The molecule has 110 valence electrons. The molecule has 0 radical (unpaired) electrons. The smallest absolute Gasteiger partial charge is 0.325 e. The number of hydrogen-bond donors (Lipinski definition) is 0. The van der Waals surface area contributed by atoms with Crippen LogP contribution in [0.1, 0.15) is 42.3 Å². The average molecular weight is 277 g/mol. The highest BCUT2D eigenvalue weighted by Crippen LogP contribution is 2.13. The Bertz CT molecular complexity index is 494. The van der Waals surface area contributed by atoms with Crippen molar-refractivity contribution in [3.63, 3.8) is 0 Å². The number of carbonyl (C=O) groups excluding carboxylic acids is 2. The first-order valence-corrected chi connectivity index (χ1v) is 6.90. The van der Waals surface area contributed by atoms with Crippen LogP contribution >= 0.6 is 0 Å². The van der Waals surface area contributed by atoms with Gasteiger partial charge in [0.15, 0.2) is 0 Å². The number of aryl methyl sites for hydroxylation is 2. The van der Waals surface area contributed by atoms with Gasteiger partial charge in [0.25, 0.3) is 5.91 Å². The van der Waals surface area contributed by atoms with Crippen molar-refractivity contribution in [2.75, 3.05) is 13.2 Å². The SMILES string of the molecule is CCOC(=O)CN(C(=O)c1ccc(C)c(C)c1)C(C)C. The van der Waals surface area contributed by atoms with Gasteiger partial charge in [0.05, 0.1) is 6.61 Å².